The summed E-state index contributed by atoms with van der Waals surface area (Å²) in [5, 5.41) is 12.3. The predicted molar refractivity (Wildman–Crippen MR) is 77.0 cm³/mol. The van der Waals surface area contributed by atoms with Crippen LogP contribution in [-0.4, -0.2) is 37.9 Å². The Balaban J connectivity index is 2.42. The molecule has 0 spiro atoms. The van der Waals surface area contributed by atoms with Gasteiger partial charge in [-0.05, 0) is 32.0 Å². The van der Waals surface area contributed by atoms with E-state index in [0.717, 1.165) is 0 Å². The van der Waals surface area contributed by atoms with Crippen LogP contribution in [0.3, 0.4) is 0 Å². The van der Waals surface area contributed by atoms with Gasteiger partial charge in [0.15, 0.2) is 0 Å². The van der Waals surface area contributed by atoms with Gasteiger partial charge < -0.3 is 5.32 Å². The quantitative estimate of drug-likeness (QED) is 0.899. The summed E-state index contributed by atoms with van der Waals surface area (Å²) >= 11 is 6.00. The number of nitrogens with one attached hydrogen (secondary N) is 1. The van der Waals surface area contributed by atoms with E-state index in [4.69, 9.17) is 16.9 Å². The molecule has 2 atom stereocenters. The topological polar surface area (TPSA) is 73.2 Å². The molecule has 1 fully saturated rings. The maximum absolute atomic E-state index is 12.7. The zero-order valence-corrected chi connectivity index (χ0v) is 12.9. The zero-order chi connectivity index (χ0) is 14.9. The van der Waals surface area contributed by atoms with Crippen molar-refractivity contribution in [1.29, 1.82) is 5.26 Å². The second-order valence-corrected chi connectivity index (χ2v) is 7.36. The summed E-state index contributed by atoms with van der Waals surface area (Å²) in [6.45, 7) is 4.65. The minimum Gasteiger partial charge on any atom is -0.309 e. The monoisotopic (exact) mass is 313 g/mol. The highest BCUT2D eigenvalue weighted by atomic mass is 35.5. The molecule has 1 aromatic carbocycles. The minimum atomic E-state index is -3.68. The fourth-order valence-corrected chi connectivity index (χ4v) is 4.50. The Morgan fingerprint density at radius 1 is 1.35 bits per heavy atom. The predicted octanol–water partition coefficient (Wildman–Crippen LogP) is 1.58. The van der Waals surface area contributed by atoms with Gasteiger partial charge in [0.2, 0.25) is 10.0 Å². The zero-order valence-electron chi connectivity index (χ0n) is 11.3. The molecule has 0 saturated carbocycles. The number of hydrogen-bond donors (Lipinski definition) is 1. The second-order valence-electron chi connectivity index (χ2n) is 5.05. The molecule has 1 saturated heterocycles. The first-order valence-electron chi connectivity index (χ1n) is 6.30. The Hall–Kier alpha value is -1.13. The third kappa shape index (κ3) is 2.96. The van der Waals surface area contributed by atoms with Gasteiger partial charge in [-0.1, -0.05) is 11.6 Å². The Labute approximate surface area is 124 Å². The molecule has 1 aromatic rings. The van der Waals surface area contributed by atoms with Crippen molar-refractivity contribution in [1.82, 2.24) is 9.62 Å². The van der Waals surface area contributed by atoms with Crippen molar-refractivity contribution in [3.8, 4) is 6.07 Å². The van der Waals surface area contributed by atoms with Crippen molar-refractivity contribution in [2.24, 2.45) is 0 Å². The van der Waals surface area contributed by atoms with E-state index in [1.165, 1.54) is 22.5 Å². The molecule has 1 heterocycles. The molecule has 2 unspecified atom stereocenters. The average Bonchev–Trinajstić information content (AvgIpc) is 2.38. The summed E-state index contributed by atoms with van der Waals surface area (Å²) in [7, 11) is -3.68. The van der Waals surface area contributed by atoms with Crippen LogP contribution in [0.5, 0.6) is 0 Å². The number of sulfonamides is 1. The van der Waals surface area contributed by atoms with Crippen LogP contribution in [0, 0.1) is 11.3 Å². The van der Waals surface area contributed by atoms with E-state index in [9.17, 15) is 8.42 Å². The fraction of sp³-hybridized carbons (Fsp3) is 0.462. The summed E-state index contributed by atoms with van der Waals surface area (Å²) in [6, 6.07) is 6.36. The van der Waals surface area contributed by atoms with Crippen molar-refractivity contribution in [2.45, 2.75) is 30.8 Å². The lowest BCUT2D eigenvalue weighted by Crippen LogP contribution is -2.55. The Morgan fingerprint density at radius 3 is 2.50 bits per heavy atom. The van der Waals surface area contributed by atoms with E-state index in [-0.39, 0.29) is 27.6 Å². The number of piperazine rings is 1. The van der Waals surface area contributed by atoms with Gasteiger partial charge in [-0.3, -0.25) is 0 Å². The first-order chi connectivity index (χ1) is 9.34. The molecule has 0 aromatic heterocycles. The Bertz CT molecular complexity index is 644. The average molecular weight is 314 g/mol. The third-order valence-electron chi connectivity index (χ3n) is 3.20. The van der Waals surface area contributed by atoms with Crippen LogP contribution in [0.25, 0.3) is 0 Å². The maximum Gasteiger partial charge on any atom is 0.244 e. The van der Waals surface area contributed by atoms with E-state index in [2.05, 4.69) is 5.32 Å². The molecule has 108 valence electrons. The number of nitriles is 1. The van der Waals surface area contributed by atoms with Gasteiger partial charge >= 0.3 is 0 Å². The summed E-state index contributed by atoms with van der Waals surface area (Å²) < 4.78 is 26.8. The molecule has 0 amide bonds. The number of rotatable bonds is 2. The molecule has 0 radical (unpaired) electrons. The summed E-state index contributed by atoms with van der Waals surface area (Å²) in [4.78, 5) is -0.000448. The summed E-state index contributed by atoms with van der Waals surface area (Å²) in [5.74, 6) is 0. The smallest absolute Gasteiger partial charge is 0.244 e. The first-order valence-corrected chi connectivity index (χ1v) is 8.12. The standard InChI is InChI=1S/C13H16ClN3O2S/c1-9-7-17(8-10(2)16-9)20(18,19)13-5-11(6-15)3-4-12(13)14/h3-5,9-10,16H,7-8H2,1-2H3. The lowest BCUT2D eigenvalue weighted by molar-refractivity contribution is 0.263. The summed E-state index contributed by atoms with van der Waals surface area (Å²) in [5.41, 5.74) is 0.282. The van der Waals surface area contributed by atoms with Crippen molar-refractivity contribution in [3.63, 3.8) is 0 Å². The first kappa shape index (κ1) is 15.3. The van der Waals surface area contributed by atoms with E-state index < -0.39 is 10.0 Å². The van der Waals surface area contributed by atoms with Crippen LogP contribution in [-0.2, 0) is 10.0 Å². The molecule has 5 nitrogen and oxygen atoms in total. The van der Waals surface area contributed by atoms with Gasteiger partial charge in [0.1, 0.15) is 4.90 Å². The van der Waals surface area contributed by atoms with Crippen LogP contribution in [0.1, 0.15) is 19.4 Å². The van der Waals surface area contributed by atoms with Crippen molar-refractivity contribution >= 4 is 21.6 Å². The number of nitrogens with zero attached hydrogens (tertiary/aromatic N) is 2. The maximum atomic E-state index is 12.7. The van der Waals surface area contributed by atoms with E-state index >= 15 is 0 Å². The Morgan fingerprint density at radius 2 is 1.95 bits per heavy atom. The molecule has 20 heavy (non-hydrogen) atoms. The van der Waals surface area contributed by atoms with E-state index in [0.29, 0.717) is 13.1 Å². The van der Waals surface area contributed by atoms with E-state index in [1.54, 1.807) is 0 Å². The van der Waals surface area contributed by atoms with Crippen LogP contribution < -0.4 is 5.32 Å². The number of hydrogen-bond acceptors (Lipinski definition) is 4. The lowest BCUT2D eigenvalue weighted by Gasteiger charge is -2.35. The van der Waals surface area contributed by atoms with Crippen molar-refractivity contribution < 1.29 is 8.42 Å². The van der Waals surface area contributed by atoms with Crippen LogP contribution in [0.15, 0.2) is 23.1 Å². The third-order valence-corrected chi connectivity index (χ3v) is 5.52. The number of halogens is 1. The minimum absolute atomic E-state index is 0.000448. The van der Waals surface area contributed by atoms with Crippen molar-refractivity contribution in [3.05, 3.63) is 28.8 Å². The van der Waals surface area contributed by atoms with Crippen LogP contribution in [0.2, 0.25) is 5.02 Å². The molecule has 0 aliphatic carbocycles. The van der Waals surface area contributed by atoms with Gasteiger partial charge in [0.05, 0.1) is 16.7 Å². The number of benzene rings is 1. The van der Waals surface area contributed by atoms with Gasteiger partial charge in [0.25, 0.3) is 0 Å². The van der Waals surface area contributed by atoms with Gasteiger partial charge in [-0.2, -0.15) is 9.57 Å². The molecule has 1 N–H and O–H groups in total. The molecule has 2 rings (SSSR count). The highest BCUT2D eigenvalue weighted by Crippen LogP contribution is 2.26. The Kier molecular flexibility index (Phi) is 4.35. The van der Waals surface area contributed by atoms with Crippen molar-refractivity contribution in [2.75, 3.05) is 13.1 Å². The van der Waals surface area contributed by atoms with Crippen LogP contribution in [0.4, 0.5) is 0 Å². The molecular weight excluding hydrogens is 298 g/mol. The highest BCUT2D eigenvalue weighted by Gasteiger charge is 2.32. The molecule has 1 aliphatic heterocycles. The van der Waals surface area contributed by atoms with Gasteiger partial charge in [-0.25, -0.2) is 8.42 Å². The second kappa shape index (κ2) is 5.70. The normalized spacial score (nSPS) is 24.3. The molecule has 0 bridgehead atoms. The van der Waals surface area contributed by atoms with Gasteiger partial charge in [0, 0.05) is 25.2 Å². The fourth-order valence-electron chi connectivity index (χ4n) is 2.38. The highest BCUT2D eigenvalue weighted by molar-refractivity contribution is 7.89. The van der Waals surface area contributed by atoms with Gasteiger partial charge in [-0.15, -0.1) is 0 Å². The molecule has 7 heteroatoms. The lowest BCUT2D eigenvalue weighted by atomic mass is 10.2. The SMILES string of the molecule is CC1CN(S(=O)(=O)c2cc(C#N)ccc2Cl)CC(C)N1. The van der Waals surface area contributed by atoms with Crippen LogP contribution >= 0.6 is 11.6 Å². The largest absolute Gasteiger partial charge is 0.309 e. The van der Waals surface area contributed by atoms with E-state index in [1.807, 2.05) is 19.9 Å². The molecular formula is C13H16ClN3O2S. The molecule has 1 aliphatic rings. The summed E-state index contributed by atoms with van der Waals surface area (Å²) in [6.07, 6.45) is 0.